The fourth-order valence-corrected chi connectivity index (χ4v) is 2.62. The third kappa shape index (κ3) is 3.01. The Morgan fingerprint density at radius 1 is 0.905 bits per heavy atom. The number of benzene rings is 2. The van der Waals surface area contributed by atoms with Gasteiger partial charge in [0.05, 0.1) is 6.04 Å². The second kappa shape index (κ2) is 5.74. The predicted molar refractivity (Wildman–Crippen MR) is 87.4 cm³/mol. The summed E-state index contributed by atoms with van der Waals surface area (Å²) in [6.45, 7) is 6.44. The molecule has 0 spiro atoms. The Morgan fingerprint density at radius 3 is 2.33 bits per heavy atom. The standard InChI is InChI=1S/C19H21NO/c1-13-8-10-16(11-9-13)14(2)20-15(3)19-12-17-6-4-5-7-18(17)21-19/h4-12,14-15,20H,1-3H3. The van der Waals surface area contributed by atoms with Gasteiger partial charge in [0.15, 0.2) is 0 Å². The average molecular weight is 279 g/mol. The molecule has 0 aliphatic carbocycles. The van der Waals surface area contributed by atoms with E-state index in [0.717, 1.165) is 16.7 Å². The minimum atomic E-state index is 0.175. The smallest absolute Gasteiger partial charge is 0.134 e. The zero-order chi connectivity index (χ0) is 14.8. The number of fused-ring (bicyclic) bond motifs is 1. The zero-order valence-corrected chi connectivity index (χ0v) is 12.8. The number of rotatable bonds is 4. The van der Waals surface area contributed by atoms with E-state index in [0.29, 0.717) is 0 Å². The molecule has 2 atom stereocenters. The largest absolute Gasteiger partial charge is 0.459 e. The van der Waals surface area contributed by atoms with Gasteiger partial charge < -0.3 is 9.73 Å². The third-order valence-electron chi connectivity index (χ3n) is 3.95. The fraction of sp³-hybridized carbons (Fsp3) is 0.263. The van der Waals surface area contributed by atoms with Crippen LogP contribution in [-0.2, 0) is 0 Å². The highest BCUT2D eigenvalue weighted by Gasteiger charge is 2.14. The molecule has 3 rings (SSSR count). The van der Waals surface area contributed by atoms with Gasteiger partial charge in [-0.25, -0.2) is 0 Å². The van der Waals surface area contributed by atoms with Gasteiger partial charge in [-0.1, -0.05) is 48.0 Å². The lowest BCUT2D eigenvalue weighted by atomic mass is 10.1. The second-order valence-corrected chi connectivity index (χ2v) is 5.71. The molecule has 3 aromatic rings. The maximum Gasteiger partial charge on any atom is 0.134 e. The molecular formula is C19H21NO. The van der Waals surface area contributed by atoms with Gasteiger partial charge in [-0.3, -0.25) is 0 Å². The third-order valence-corrected chi connectivity index (χ3v) is 3.95. The van der Waals surface area contributed by atoms with Crippen LogP contribution in [0.15, 0.2) is 59.0 Å². The van der Waals surface area contributed by atoms with E-state index >= 15 is 0 Å². The quantitative estimate of drug-likeness (QED) is 0.714. The molecule has 0 saturated carbocycles. The maximum atomic E-state index is 5.92. The van der Waals surface area contributed by atoms with Crippen molar-refractivity contribution in [2.45, 2.75) is 32.9 Å². The molecule has 0 aliphatic rings. The summed E-state index contributed by atoms with van der Waals surface area (Å²) in [5.41, 5.74) is 3.53. The molecule has 1 heterocycles. The maximum absolute atomic E-state index is 5.92. The van der Waals surface area contributed by atoms with E-state index in [2.05, 4.69) is 62.5 Å². The first-order valence-electron chi connectivity index (χ1n) is 7.44. The van der Waals surface area contributed by atoms with Crippen LogP contribution in [0, 0.1) is 6.92 Å². The molecule has 0 fully saturated rings. The van der Waals surface area contributed by atoms with Crippen LogP contribution in [0.3, 0.4) is 0 Å². The fourth-order valence-electron chi connectivity index (χ4n) is 2.62. The van der Waals surface area contributed by atoms with Crippen LogP contribution in [-0.4, -0.2) is 0 Å². The molecule has 2 aromatic carbocycles. The topological polar surface area (TPSA) is 25.2 Å². The molecule has 1 N–H and O–H groups in total. The van der Waals surface area contributed by atoms with E-state index in [1.165, 1.54) is 11.1 Å². The van der Waals surface area contributed by atoms with Gasteiger partial charge in [0.25, 0.3) is 0 Å². The van der Waals surface area contributed by atoms with Crippen molar-refractivity contribution in [2.24, 2.45) is 0 Å². The molecule has 2 nitrogen and oxygen atoms in total. The van der Waals surface area contributed by atoms with Crippen molar-refractivity contribution in [3.8, 4) is 0 Å². The number of aryl methyl sites for hydroxylation is 1. The van der Waals surface area contributed by atoms with Crippen LogP contribution in [0.2, 0.25) is 0 Å². The minimum Gasteiger partial charge on any atom is -0.459 e. The van der Waals surface area contributed by atoms with Crippen LogP contribution < -0.4 is 5.32 Å². The van der Waals surface area contributed by atoms with Gasteiger partial charge in [-0.05, 0) is 38.5 Å². The summed E-state index contributed by atoms with van der Waals surface area (Å²) < 4.78 is 5.92. The van der Waals surface area contributed by atoms with Gasteiger partial charge >= 0.3 is 0 Å². The highest BCUT2D eigenvalue weighted by atomic mass is 16.3. The highest BCUT2D eigenvalue weighted by Crippen LogP contribution is 2.25. The van der Waals surface area contributed by atoms with E-state index in [4.69, 9.17) is 4.42 Å². The van der Waals surface area contributed by atoms with Gasteiger partial charge in [-0.15, -0.1) is 0 Å². The summed E-state index contributed by atoms with van der Waals surface area (Å²) in [5.74, 6) is 0.982. The normalized spacial score (nSPS) is 14.2. The Bertz CT molecular complexity index is 694. The summed E-state index contributed by atoms with van der Waals surface area (Å²) in [5, 5.41) is 4.76. The first-order valence-corrected chi connectivity index (χ1v) is 7.44. The highest BCUT2D eigenvalue weighted by molar-refractivity contribution is 5.77. The number of hydrogen-bond donors (Lipinski definition) is 1. The Morgan fingerprint density at radius 2 is 1.62 bits per heavy atom. The first kappa shape index (κ1) is 13.9. The number of hydrogen-bond acceptors (Lipinski definition) is 2. The zero-order valence-electron chi connectivity index (χ0n) is 12.8. The van der Waals surface area contributed by atoms with Crippen molar-refractivity contribution in [1.29, 1.82) is 0 Å². The van der Waals surface area contributed by atoms with Crippen molar-refractivity contribution in [1.82, 2.24) is 5.32 Å². The predicted octanol–water partition coefficient (Wildman–Crippen LogP) is 5.15. The lowest BCUT2D eigenvalue weighted by molar-refractivity contribution is 0.417. The summed E-state index contributed by atoms with van der Waals surface area (Å²) in [4.78, 5) is 0. The van der Waals surface area contributed by atoms with Crippen molar-refractivity contribution < 1.29 is 4.42 Å². The van der Waals surface area contributed by atoms with Crippen molar-refractivity contribution in [3.05, 3.63) is 71.5 Å². The monoisotopic (exact) mass is 279 g/mol. The lowest BCUT2D eigenvalue weighted by Crippen LogP contribution is -2.22. The van der Waals surface area contributed by atoms with Crippen molar-refractivity contribution in [3.63, 3.8) is 0 Å². The molecule has 0 bridgehead atoms. The van der Waals surface area contributed by atoms with E-state index < -0.39 is 0 Å². The molecule has 21 heavy (non-hydrogen) atoms. The average Bonchev–Trinajstić information content (AvgIpc) is 2.92. The second-order valence-electron chi connectivity index (χ2n) is 5.71. The van der Waals surface area contributed by atoms with Crippen molar-refractivity contribution in [2.75, 3.05) is 0 Å². The molecule has 2 unspecified atom stereocenters. The Hall–Kier alpha value is -2.06. The van der Waals surface area contributed by atoms with E-state index in [9.17, 15) is 0 Å². The first-order chi connectivity index (χ1) is 10.1. The van der Waals surface area contributed by atoms with Gasteiger partial charge in [0, 0.05) is 11.4 Å². The van der Waals surface area contributed by atoms with Crippen LogP contribution in [0.1, 0.15) is 42.8 Å². The molecule has 0 saturated heterocycles. The SMILES string of the molecule is Cc1ccc(C(C)NC(C)c2cc3ccccc3o2)cc1. The van der Waals surface area contributed by atoms with Crippen molar-refractivity contribution >= 4 is 11.0 Å². The number of para-hydroxylation sites is 1. The Kier molecular flexibility index (Phi) is 3.80. The number of nitrogens with one attached hydrogen (secondary N) is 1. The molecule has 2 heteroatoms. The van der Waals surface area contributed by atoms with E-state index in [-0.39, 0.29) is 12.1 Å². The molecule has 1 aromatic heterocycles. The van der Waals surface area contributed by atoms with Crippen LogP contribution in [0.5, 0.6) is 0 Å². The summed E-state index contributed by atoms with van der Waals surface area (Å²) in [6, 6.07) is 19.4. The molecule has 0 aliphatic heterocycles. The number of furan rings is 1. The van der Waals surface area contributed by atoms with Crippen LogP contribution in [0.25, 0.3) is 11.0 Å². The van der Waals surface area contributed by atoms with E-state index in [1.807, 2.05) is 18.2 Å². The molecule has 0 amide bonds. The van der Waals surface area contributed by atoms with Gasteiger partial charge in [0.2, 0.25) is 0 Å². The summed E-state index contributed by atoms with van der Waals surface area (Å²) in [7, 11) is 0. The molecule has 108 valence electrons. The van der Waals surface area contributed by atoms with Crippen LogP contribution in [0.4, 0.5) is 0 Å². The summed E-state index contributed by atoms with van der Waals surface area (Å²) in [6.07, 6.45) is 0. The van der Waals surface area contributed by atoms with Gasteiger partial charge in [0.1, 0.15) is 11.3 Å². The molecular weight excluding hydrogens is 258 g/mol. The van der Waals surface area contributed by atoms with E-state index in [1.54, 1.807) is 0 Å². The summed E-state index contributed by atoms with van der Waals surface area (Å²) >= 11 is 0. The Labute approximate surface area is 125 Å². The molecule has 0 radical (unpaired) electrons. The van der Waals surface area contributed by atoms with Crippen LogP contribution >= 0.6 is 0 Å². The minimum absolute atomic E-state index is 0.175. The Balaban J connectivity index is 1.75. The lowest BCUT2D eigenvalue weighted by Gasteiger charge is -2.19. The van der Waals surface area contributed by atoms with Gasteiger partial charge in [-0.2, -0.15) is 0 Å².